The number of nitrogens with zero attached hydrogens (tertiary/aromatic N) is 2. The van der Waals surface area contributed by atoms with Crippen LogP contribution in [0.2, 0.25) is 0 Å². The first-order valence-corrected chi connectivity index (χ1v) is 7.21. The molecule has 1 atom stereocenters. The van der Waals surface area contributed by atoms with Crippen LogP contribution in [0.3, 0.4) is 0 Å². The van der Waals surface area contributed by atoms with Gasteiger partial charge in [-0.1, -0.05) is 12.1 Å². The van der Waals surface area contributed by atoms with Crippen molar-refractivity contribution < 1.29 is 4.74 Å². The molecule has 1 unspecified atom stereocenters. The van der Waals surface area contributed by atoms with Crippen LogP contribution in [0.1, 0.15) is 6.42 Å². The van der Waals surface area contributed by atoms with E-state index >= 15 is 0 Å². The molecule has 104 valence electrons. The van der Waals surface area contributed by atoms with Gasteiger partial charge >= 0.3 is 0 Å². The normalized spacial score (nSPS) is 24.5. The van der Waals surface area contributed by atoms with Gasteiger partial charge in [-0.25, -0.2) is 0 Å². The quantitative estimate of drug-likeness (QED) is 0.876. The molecule has 0 saturated carbocycles. The average Bonchev–Trinajstić information content (AvgIpc) is 2.62. The Morgan fingerprint density at radius 1 is 1.32 bits per heavy atom. The second-order valence-electron chi connectivity index (χ2n) is 5.50. The van der Waals surface area contributed by atoms with Crippen LogP contribution in [0.4, 0.5) is 11.4 Å². The number of fused-ring (bicyclic) bond motifs is 1. The number of benzene rings is 1. The Balaban J connectivity index is 1.73. The number of morpholine rings is 1. The Kier molecular flexibility index (Phi) is 3.89. The molecule has 4 heteroatoms. The summed E-state index contributed by atoms with van der Waals surface area (Å²) in [5, 5.41) is 3.51. The van der Waals surface area contributed by atoms with Gasteiger partial charge in [0.15, 0.2) is 0 Å². The molecule has 0 aliphatic carbocycles. The number of hydrogen-bond acceptors (Lipinski definition) is 4. The summed E-state index contributed by atoms with van der Waals surface area (Å²) < 4.78 is 5.90. The van der Waals surface area contributed by atoms with Crippen molar-refractivity contribution in [1.82, 2.24) is 4.90 Å². The maximum absolute atomic E-state index is 5.90. The van der Waals surface area contributed by atoms with Crippen LogP contribution < -0.4 is 10.2 Å². The van der Waals surface area contributed by atoms with Crippen LogP contribution >= 0.6 is 0 Å². The van der Waals surface area contributed by atoms with Crippen LogP contribution in [-0.4, -0.2) is 57.4 Å². The molecule has 2 aliphatic rings. The second kappa shape index (κ2) is 5.80. The standard InChI is InChI=1S/C15H23N3O/c1-17-9-10-19-13(11-17)12-18-8-4-7-16-14-5-2-3-6-15(14)18/h2-3,5-6,13,16H,4,7-12H2,1H3. The number of likely N-dealkylation sites (N-methyl/N-ethyl adjacent to an activating group) is 1. The molecular weight excluding hydrogens is 238 g/mol. The molecule has 4 nitrogen and oxygen atoms in total. The summed E-state index contributed by atoms with van der Waals surface area (Å²) in [6.45, 7) is 6.09. The van der Waals surface area contributed by atoms with Crippen molar-refractivity contribution in [3.05, 3.63) is 24.3 Å². The molecule has 1 N–H and O–H groups in total. The predicted molar refractivity (Wildman–Crippen MR) is 79.0 cm³/mol. The minimum absolute atomic E-state index is 0.324. The first-order valence-electron chi connectivity index (χ1n) is 7.21. The van der Waals surface area contributed by atoms with Crippen molar-refractivity contribution in [3.8, 4) is 0 Å². The number of ether oxygens (including phenoxy) is 1. The lowest BCUT2D eigenvalue weighted by molar-refractivity contribution is -0.0147. The fourth-order valence-electron chi connectivity index (χ4n) is 2.93. The van der Waals surface area contributed by atoms with E-state index in [9.17, 15) is 0 Å². The van der Waals surface area contributed by atoms with Gasteiger partial charge in [0.1, 0.15) is 0 Å². The minimum Gasteiger partial charge on any atom is -0.383 e. The summed E-state index contributed by atoms with van der Waals surface area (Å²) in [4.78, 5) is 4.83. The van der Waals surface area contributed by atoms with Crippen LogP contribution in [-0.2, 0) is 4.74 Å². The average molecular weight is 261 g/mol. The van der Waals surface area contributed by atoms with Crippen LogP contribution in [0.5, 0.6) is 0 Å². The Labute approximate surface area is 115 Å². The van der Waals surface area contributed by atoms with Gasteiger partial charge in [-0.2, -0.15) is 0 Å². The molecule has 2 aliphatic heterocycles. The lowest BCUT2D eigenvalue weighted by Gasteiger charge is -2.34. The largest absolute Gasteiger partial charge is 0.383 e. The van der Waals surface area contributed by atoms with Crippen molar-refractivity contribution >= 4 is 11.4 Å². The van der Waals surface area contributed by atoms with E-state index in [1.54, 1.807) is 0 Å². The van der Waals surface area contributed by atoms with E-state index in [2.05, 4.69) is 46.4 Å². The van der Waals surface area contributed by atoms with Gasteiger partial charge in [-0.05, 0) is 25.6 Å². The molecule has 0 spiro atoms. The zero-order chi connectivity index (χ0) is 13.1. The van der Waals surface area contributed by atoms with E-state index < -0.39 is 0 Å². The fraction of sp³-hybridized carbons (Fsp3) is 0.600. The summed E-state index contributed by atoms with van der Waals surface area (Å²) >= 11 is 0. The smallest absolute Gasteiger partial charge is 0.0877 e. The number of para-hydroxylation sites is 2. The zero-order valence-corrected chi connectivity index (χ0v) is 11.6. The Morgan fingerprint density at radius 2 is 2.21 bits per heavy atom. The monoisotopic (exact) mass is 261 g/mol. The molecule has 19 heavy (non-hydrogen) atoms. The summed E-state index contributed by atoms with van der Waals surface area (Å²) in [7, 11) is 2.17. The molecule has 0 radical (unpaired) electrons. The lowest BCUT2D eigenvalue weighted by atomic mass is 10.2. The topological polar surface area (TPSA) is 27.7 Å². The summed E-state index contributed by atoms with van der Waals surface area (Å²) in [6, 6.07) is 8.59. The van der Waals surface area contributed by atoms with Crippen LogP contribution in [0.25, 0.3) is 0 Å². The second-order valence-corrected chi connectivity index (χ2v) is 5.50. The Hall–Kier alpha value is -1.26. The summed E-state index contributed by atoms with van der Waals surface area (Å²) in [6.07, 6.45) is 1.50. The Bertz CT molecular complexity index is 424. The third-order valence-corrected chi connectivity index (χ3v) is 3.93. The van der Waals surface area contributed by atoms with E-state index in [4.69, 9.17) is 4.74 Å². The molecule has 0 aromatic heterocycles. The highest BCUT2D eigenvalue weighted by Gasteiger charge is 2.22. The SMILES string of the molecule is CN1CCOC(CN2CCCNc3ccccc32)C1. The van der Waals surface area contributed by atoms with Crippen molar-refractivity contribution in [3.63, 3.8) is 0 Å². The van der Waals surface area contributed by atoms with E-state index in [0.717, 1.165) is 39.3 Å². The highest BCUT2D eigenvalue weighted by atomic mass is 16.5. The molecule has 1 saturated heterocycles. The van der Waals surface area contributed by atoms with Crippen LogP contribution in [0, 0.1) is 0 Å². The van der Waals surface area contributed by atoms with Crippen molar-refractivity contribution in [2.45, 2.75) is 12.5 Å². The van der Waals surface area contributed by atoms with E-state index in [1.165, 1.54) is 17.8 Å². The molecule has 3 rings (SSSR count). The minimum atomic E-state index is 0.324. The number of anilines is 2. The highest BCUT2D eigenvalue weighted by Crippen LogP contribution is 2.28. The Morgan fingerprint density at radius 3 is 3.11 bits per heavy atom. The predicted octanol–water partition coefficient (Wildman–Crippen LogP) is 1.64. The zero-order valence-electron chi connectivity index (χ0n) is 11.6. The van der Waals surface area contributed by atoms with Crippen LogP contribution in [0.15, 0.2) is 24.3 Å². The van der Waals surface area contributed by atoms with E-state index in [-0.39, 0.29) is 0 Å². The van der Waals surface area contributed by atoms with Gasteiger partial charge in [-0.15, -0.1) is 0 Å². The third kappa shape index (κ3) is 3.01. The maximum Gasteiger partial charge on any atom is 0.0877 e. The van der Waals surface area contributed by atoms with E-state index in [1.807, 2.05) is 0 Å². The van der Waals surface area contributed by atoms with Gasteiger partial charge in [0.2, 0.25) is 0 Å². The van der Waals surface area contributed by atoms with Gasteiger partial charge in [0, 0.05) is 32.7 Å². The van der Waals surface area contributed by atoms with Gasteiger partial charge in [0.05, 0.1) is 24.1 Å². The third-order valence-electron chi connectivity index (χ3n) is 3.93. The number of rotatable bonds is 2. The first kappa shape index (κ1) is 12.8. The summed E-state index contributed by atoms with van der Waals surface area (Å²) in [5.41, 5.74) is 2.57. The van der Waals surface area contributed by atoms with Gasteiger partial charge in [-0.3, -0.25) is 0 Å². The van der Waals surface area contributed by atoms with E-state index in [0.29, 0.717) is 6.10 Å². The van der Waals surface area contributed by atoms with Crippen molar-refractivity contribution in [2.24, 2.45) is 0 Å². The van der Waals surface area contributed by atoms with Crippen molar-refractivity contribution in [2.75, 3.05) is 56.6 Å². The number of nitrogens with one attached hydrogen (secondary N) is 1. The molecular formula is C15H23N3O. The molecule has 1 fully saturated rings. The fourth-order valence-corrected chi connectivity index (χ4v) is 2.93. The summed E-state index contributed by atoms with van der Waals surface area (Å²) in [5.74, 6) is 0. The number of hydrogen-bond donors (Lipinski definition) is 1. The van der Waals surface area contributed by atoms with Crippen molar-refractivity contribution in [1.29, 1.82) is 0 Å². The van der Waals surface area contributed by atoms with Gasteiger partial charge in [0.25, 0.3) is 0 Å². The molecule has 2 heterocycles. The molecule has 0 amide bonds. The molecule has 1 aromatic carbocycles. The maximum atomic E-state index is 5.90. The lowest BCUT2D eigenvalue weighted by Crippen LogP contribution is -2.46. The first-order chi connectivity index (χ1) is 9.33. The van der Waals surface area contributed by atoms with Gasteiger partial charge < -0.3 is 19.9 Å². The highest BCUT2D eigenvalue weighted by molar-refractivity contribution is 5.70. The molecule has 1 aromatic rings. The molecule has 0 bridgehead atoms.